The molecule has 0 aliphatic rings. The third kappa shape index (κ3) is 31.6. The lowest BCUT2D eigenvalue weighted by Crippen LogP contribution is -2.28. The largest absolute Gasteiger partial charge is 0.345 e. The molecule has 0 fully saturated rings. The van der Waals surface area contributed by atoms with Crippen LogP contribution in [0, 0.1) is 0 Å². The van der Waals surface area contributed by atoms with Gasteiger partial charge in [-0.1, -0.05) is 141 Å². The summed E-state index contributed by atoms with van der Waals surface area (Å²) in [4.78, 5) is 26.4. The lowest BCUT2D eigenvalue weighted by Gasteiger charge is -2.16. The van der Waals surface area contributed by atoms with Crippen LogP contribution in [0.3, 0.4) is 0 Å². The van der Waals surface area contributed by atoms with E-state index in [2.05, 4.69) is 38.2 Å². The summed E-state index contributed by atoms with van der Waals surface area (Å²) in [5.41, 5.74) is 0. The number of hydrogen-bond donors (Lipinski definition) is 0. The number of carbonyl (C=O) groups is 2. The molecule has 0 aromatic carbocycles. The predicted octanol–water partition coefficient (Wildman–Crippen LogP) is 12.5. The molecule has 0 unspecified atom stereocenters. The quantitative estimate of drug-likeness (QED) is 0.0565. The standard InChI is InChI=1S/C39H73NO2/c1-4-6-8-10-12-14-16-18-20-22-24-26-28-30-32-34-38(41)36-37-40(3)39(42)35-33-31-29-27-25-23-21-19-17-15-13-11-9-7-5-2/h18-21H,4-17,22-37H2,1-3H3/b20-18-,21-19-. The first-order valence-corrected chi connectivity index (χ1v) is 18.7. The lowest BCUT2D eigenvalue weighted by atomic mass is 10.1. The highest BCUT2D eigenvalue weighted by Gasteiger charge is 2.10. The van der Waals surface area contributed by atoms with Gasteiger partial charge in [0.15, 0.2) is 0 Å². The summed E-state index contributed by atoms with van der Waals surface area (Å²) in [6.45, 7) is 5.12. The minimum absolute atomic E-state index is 0.196. The van der Waals surface area contributed by atoms with Crippen molar-refractivity contribution in [2.75, 3.05) is 13.6 Å². The number of ketones is 1. The zero-order valence-corrected chi connectivity index (χ0v) is 28.8. The summed E-state index contributed by atoms with van der Waals surface area (Å²) in [5.74, 6) is 0.509. The van der Waals surface area contributed by atoms with Gasteiger partial charge in [0.2, 0.25) is 5.91 Å². The van der Waals surface area contributed by atoms with Crippen molar-refractivity contribution in [2.24, 2.45) is 0 Å². The Balaban J connectivity index is 3.48. The lowest BCUT2D eigenvalue weighted by molar-refractivity contribution is -0.130. The van der Waals surface area contributed by atoms with E-state index < -0.39 is 0 Å². The number of carbonyl (C=O) groups excluding carboxylic acids is 2. The molecular weight excluding hydrogens is 514 g/mol. The Morgan fingerprint density at radius 2 is 0.762 bits per heavy atom. The molecule has 0 aromatic rings. The molecule has 0 radical (unpaired) electrons. The van der Waals surface area contributed by atoms with Gasteiger partial charge in [-0.3, -0.25) is 9.59 Å². The first kappa shape index (κ1) is 40.6. The maximum atomic E-state index is 12.4. The molecule has 0 atom stereocenters. The highest BCUT2D eigenvalue weighted by Crippen LogP contribution is 2.12. The average molecular weight is 588 g/mol. The van der Waals surface area contributed by atoms with E-state index in [1.54, 1.807) is 4.90 Å². The maximum absolute atomic E-state index is 12.4. The average Bonchev–Trinajstić information content (AvgIpc) is 2.99. The fraction of sp³-hybridized carbons (Fsp3) is 0.846. The normalized spacial score (nSPS) is 11.7. The molecule has 0 rings (SSSR count). The molecule has 0 saturated heterocycles. The third-order valence-electron chi connectivity index (χ3n) is 8.52. The summed E-state index contributed by atoms with van der Waals surface area (Å²) >= 11 is 0. The topological polar surface area (TPSA) is 37.4 Å². The third-order valence-corrected chi connectivity index (χ3v) is 8.52. The molecule has 1 amide bonds. The molecule has 3 heteroatoms. The van der Waals surface area contributed by atoms with Gasteiger partial charge < -0.3 is 4.90 Å². The predicted molar refractivity (Wildman–Crippen MR) is 186 cm³/mol. The van der Waals surface area contributed by atoms with Crippen LogP contribution in [-0.4, -0.2) is 30.2 Å². The van der Waals surface area contributed by atoms with Crippen molar-refractivity contribution in [1.82, 2.24) is 4.90 Å². The summed E-state index contributed by atoms with van der Waals surface area (Å²) in [7, 11) is 1.86. The van der Waals surface area contributed by atoms with Gasteiger partial charge >= 0.3 is 0 Å². The number of Topliss-reactive ketones (excluding diaryl/α,β-unsaturated/α-hetero) is 1. The SMILES string of the molecule is CCCCCCCC/C=C\CCCCCCCC(=O)CCN(C)C(=O)CCCCCCC/C=C\CCCCCCCC. The van der Waals surface area contributed by atoms with E-state index >= 15 is 0 Å². The van der Waals surface area contributed by atoms with Crippen molar-refractivity contribution < 1.29 is 9.59 Å². The van der Waals surface area contributed by atoms with E-state index in [1.165, 1.54) is 141 Å². The van der Waals surface area contributed by atoms with Crippen molar-refractivity contribution in [3.63, 3.8) is 0 Å². The Labute approximate surface area is 263 Å². The number of unbranched alkanes of at least 4 members (excludes halogenated alkanes) is 22. The Hall–Kier alpha value is -1.38. The van der Waals surface area contributed by atoms with Crippen LogP contribution in [0.1, 0.15) is 200 Å². The van der Waals surface area contributed by atoms with Crippen molar-refractivity contribution in [3.8, 4) is 0 Å². The maximum Gasteiger partial charge on any atom is 0.222 e. The van der Waals surface area contributed by atoms with Crippen molar-refractivity contribution in [1.29, 1.82) is 0 Å². The first-order chi connectivity index (χ1) is 20.6. The second-order valence-corrected chi connectivity index (χ2v) is 12.8. The van der Waals surface area contributed by atoms with E-state index in [9.17, 15) is 9.59 Å². The monoisotopic (exact) mass is 588 g/mol. The van der Waals surface area contributed by atoms with Crippen molar-refractivity contribution >= 4 is 11.7 Å². The molecule has 0 aromatic heterocycles. The van der Waals surface area contributed by atoms with Crippen LogP contribution in [0.25, 0.3) is 0 Å². The second-order valence-electron chi connectivity index (χ2n) is 12.8. The zero-order chi connectivity index (χ0) is 30.8. The number of amides is 1. The van der Waals surface area contributed by atoms with Crippen LogP contribution in [0.4, 0.5) is 0 Å². The Kier molecular flexibility index (Phi) is 33.0. The van der Waals surface area contributed by atoms with E-state index in [4.69, 9.17) is 0 Å². The zero-order valence-electron chi connectivity index (χ0n) is 28.8. The van der Waals surface area contributed by atoms with Gasteiger partial charge in [-0.15, -0.1) is 0 Å². The summed E-state index contributed by atoms with van der Waals surface area (Å²) in [5, 5.41) is 0. The number of allylic oxidation sites excluding steroid dienone is 4. The molecule has 3 nitrogen and oxygen atoms in total. The summed E-state index contributed by atoms with van der Waals surface area (Å²) < 4.78 is 0. The molecular formula is C39H73NO2. The Morgan fingerprint density at radius 1 is 0.429 bits per heavy atom. The first-order valence-electron chi connectivity index (χ1n) is 18.7. The second kappa shape index (κ2) is 34.1. The Bertz CT molecular complexity index is 638. The molecule has 0 spiro atoms. The van der Waals surface area contributed by atoms with Crippen LogP contribution in [0.15, 0.2) is 24.3 Å². The van der Waals surface area contributed by atoms with Crippen molar-refractivity contribution in [3.05, 3.63) is 24.3 Å². The fourth-order valence-electron chi connectivity index (χ4n) is 5.47. The number of nitrogens with zero attached hydrogens (tertiary/aromatic N) is 1. The van der Waals surface area contributed by atoms with Gasteiger partial charge in [-0.25, -0.2) is 0 Å². The Morgan fingerprint density at radius 3 is 1.17 bits per heavy atom. The van der Waals surface area contributed by atoms with Gasteiger partial charge in [0, 0.05) is 32.9 Å². The van der Waals surface area contributed by atoms with Gasteiger partial charge in [0.25, 0.3) is 0 Å². The van der Waals surface area contributed by atoms with E-state index in [0.717, 1.165) is 25.7 Å². The van der Waals surface area contributed by atoms with Gasteiger partial charge in [0.1, 0.15) is 5.78 Å². The molecule has 0 saturated carbocycles. The molecule has 0 N–H and O–H groups in total. The van der Waals surface area contributed by atoms with Crippen LogP contribution in [0.5, 0.6) is 0 Å². The highest BCUT2D eigenvalue weighted by molar-refractivity contribution is 5.80. The fourth-order valence-corrected chi connectivity index (χ4v) is 5.47. The minimum Gasteiger partial charge on any atom is -0.345 e. The van der Waals surface area contributed by atoms with Gasteiger partial charge in [0.05, 0.1) is 0 Å². The highest BCUT2D eigenvalue weighted by atomic mass is 16.2. The van der Waals surface area contributed by atoms with E-state index in [1.807, 2.05) is 7.05 Å². The molecule has 0 heterocycles. The molecule has 42 heavy (non-hydrogen) atoms. The van der Waals surface area contributed by atoms with E-state index in [-0.39, 0.29) is 5.91 Å². The molecule has 0 aliphatic carbocycles. The van der Waals surface area contributed by atoms with Gasteiger partial charge in [-0.05, 0) is 64.2 Å². The van der Waals surface area contributed by atoms with Crippen LogP contribution >= 0.6 is 0 Å². The van der Waals surface area contributed by atoms with Crippen LogP contribution in [-0.2, 0) is 9.59 Å². The molecule has 0 aliphatic heterocycles. The number of rotatable bonds is 33. The minimum atomic E-state index is 0.196. The summed E-state index contributed by atoms with van der Waals surface area (Å²) in [6.07, 6.45) is 44.4. The molecule has 0 bridgehead atoms. The van der Waals surface area contributed by atoms with E-state index in [0.29, 0.717) is 31.6 Å². The number of hydrogen-bond acceptors (Lipinski definition) is 2. The van der Waals surface area contributed by atoms with Crippen LogP contribution in [0.2, 0.25) is 0 Å². The van der Waals surface area contributed by atoms with Gasteiger partial charge in [-0.2, -0.15) is 0 Å². The summed E-state index contributed by atoms with van der Waals surface area (Å²) in [6, 6.07) is 0. The van der Waals surface area contributed by atoms with Crippen molar-refractivity contribution in [2.45, 2.75) is 200 Å². The molecule has 246 valence electrons. The van der Waals surface area contributed by atoms with Crippen LogP contribution < -0.4 is 0 Å². The smallest absolute Gasteiger partial charge is 0.222 e.